The van der Waals surface area contributed by atoms with E-state index in [0.717, 1.165) is 16.2 Å². The van der Waals surface area contributed by atoms with E-state index in [1.165, 1.54) is 36.4 Å². The van der Waals surface area contributed by atoms with Crippen molar-refractivity contribution in [2.75, 3.05) is 10.2 Å². The molecule has 2 heterocycles. The van der Waals surface area contributed by atoms with E-state index in [1.54, 1.807) is 24.3 Å². The van der Waals surface area contributed by atoms with Crippen molar-refractivity contribution in [3.8, 4) is 0 Å². The monoisotopic (exact) mass is 461 g/mol. The van der Waals surface area contributed by atoms with Crippen LogP contribution in [0.1, 0.15) is 20.7 Å². The number of urea groups is 1. The van der Waals surface area contributed by atoms with Crippen LogP contribution in [0, 0.1) is 0 Å². The van der Waals surface area contributed by atoms with Crippen LogP contribution in [0.5, 0.6) is 0 Å². The second-order valence-electron chi connectivity index (χ2n) is 6.16. The number of anilines is 2. The molecule has 1 aliphatic rings. The van der Waals surface area contributed by atoms with Gasteiger partial charge in [-0.3, -0.25) is 9.59 Å². The summed E-state index contributed by atoms with van der Waals surface area (Å²) < 4.78 is 26.4. The van der Waals surface area contributed by atoms with Gasteiger partial charge in [-0.2, -0.15) is 0 Å². The summed E-state index contributed by atoms with van der Waals surface area (Å²) in [6.07, 6.45) is 0. The second-order valence-corrected chi connectivity index (χ2v) is 9.78. The van der Waals surface area contributed by atoms with Gasteiger partial charge in [-0.1, -0.05) is 23.7 Å². The summed E-state index contributed by atoms with van der Waals surface area (Å²) in [7, 11) is -4.05. The summed E-state index contributed by atoms with van der Waals surface area (Å²) in [5.74, 6) is -0.871. The lowest BCUT2D eigenvalue weighted by molar-refractivity contribution is 0.0926. The Hall–Kier alpha value is -3.21. The zero-order valence-corrected chi connectivity index (χ0v) is 17.3. The first-order valence-corrected chi connectivity index (χ1v) is 11.1. The molecule has 4 rings (SSSR count). The normalized spacial score (nSPS) is 13.3. The summed E-state index contributed by atoms with van der Waals surface area (Å²) in [6, 6.07) is 14.1. The molecular weight excluding hydrogens is 450 g/mol. The molecule has 1 aliphatic heterocycles. The van der Waals surface area contributed by atoms with Crippen LogP contribution in [0.3, 0.4) is 0 Å². The van der Waals surface area contributed by atoms with E-state index < -0.39 is 27.9 Å². The minimum absolute atomic E-state index is 0.0939. The molecular formula is C19H12ClN3O5S2. The van der Waals surface area contributed by atoms with Gasteiger partial charge in [0.15, 0.2) is 0 Å². The Balaban J connectivity index is 1.46. The van der Waals surface area contributed by atoms with Gasteiger partial charge in [0.1, 0.15) is 4.21 Å². The van der Waals surface area contributed by atoms with Crippen molar-refractivity contribution in [2.24, 2.45) is 0 Å². The fraction of sp³-hybridized carbons (Fsp3) is 0. The largest absolute Gasteiger partial charge is 0.333 e. The number of fused-ring (bicyclic) bond motifs is 1. The standard InChI is InChI=1S/C19H12ClN3O5S2/c20-15-9-10-16(29-15)30(27,28)22-19(26)21-11-5-7-12(8-6-11)23-17(24)13-3-1-2-4-14(13)18(23)25/h1-10H,(H2,21,22,26). The molecule has 1 aromatic heterocycles. The number of rotatable bonds is 4. The fourth-order valence-corrected chi connectivity index (χ4v) is 5.28. The predicted octanol–water partition coefficient (Wildman–Crippen LogP) is 3.71. The van der Waals surface area contributed by atoms with E-state index >= 15 is 0 Å². The second kappa shape index (κ2) is 7.56. The van der Waals surface area contributed by atoms with Crippen molar-refractivity contribution in [1.29, 1.82) is 0 Å². The van der Waals surface area contributed by atoms with Gasteiger partial charge in [-0.15, -0.1) is 11.3 Å². The van der Waals surface area contributed by atoms with Crippen molar-refractivity contribution in [3.05, 3.63) is 76.1 Å². The zero-order chi connectivity index (χ0) is 21.5. The van der Waals surface area contributed by atoms with Crippen LogP contribution in [0.2, 0.25) is 4.34 Å². The summed E-state index contributed by atoms with van der Waals surface area (Å²) >= 11 is 6.55. The number of benzene rings is 2. The van der Waals surface area contributed by atoms with Crippen molar-refractivity contribution in [1.82, 2.24) is 4.72 Å². The van der Waals surface area contributed by atoms with Crippen molar-refractivity contribution in [3.63, 3.8) is 0 Å². The molecule has 0 saturated heterocycles. The highest BCUT2D eigenvalue weighted by molar-refractivity contribution is 7.92. The van der Waals surface area contributed by atoms with Gasteiger partial charge >= 0.3 is 6.03 Å². The van der Waals surface area contributed by atoms with Crippen LogP contribution in [0.15, 0.2) is 64.9 Å². The van der Waals surface area contributed by atoms with Crippen LogP contribution >= 0.6 is 22.9 Å². The number of carbonyl (C=O) groups is 3. The molecule has 0 unspecified atom stereocenters. The first kappa shape index (κ1) is 20.1. The van der Waals surface area contributed by atoms with Crippen LogP contribution in [0.4, 0.5) is 16.2 Å². The smallest absolute Gasteiger partial charge is 0.307 e. The Bertz CT molecular complexity index is 1250. The average molecular weight is 462 g/mol. The van der Waals surface area contributed by atoms with E-state index in [4.69, 9.17) is 11.6 Å². The first-order chi connectivity index (χ1) is 14.3. The summed E-state index contributed by atoms with van der Waals surface area (Å²) in [5.41, 5.74) is 1.24. The van der Waals surface area contributed by atoms with Gasteiger partial charge in [0.25, 0.3) is 21.8 Å². The zero-order valence-electron chi connectivity index (χ0n) is 15.0. The SMILES string of the molecule is O=C(Nc1ccc(N2C(=O)c3ccccc3C2=O)cc1)NS(=O)(=O)c1ccc(Cl)s1. The lowest BCUT2D eigenvalue weighted by Gasteiger charge is -2.14. The highest BCUT2D eigenvalue weighted by atomic mass is 35.5. The number of amides is 4. The average Bonchev–Trinajstić information content (AvgIpc) is 3.25. The van der Waals surface area contributed by atoms with Crippen LogP contribution in [-0.2, 0) is 10.0 Å². The number of hydrogen-bond acceptors (Lipinski definition) is 6. The molecule has 8 nitrogen and oxygen atoms in total. The quantitative estimate of drug-likeness (QED) is 0.575. The molecule has 0 radical (unpaired) electrons. The van der Waals surface area contributed by atoms with E-state index in [0.29, 0.717) is 16.8 Å². The maximum Gasteiger partial charge on any atom is 0.333 e. The molecule has 3 aromatic rings. The third-order valence-electron chi connectivity index (χ3n) is 4.22. The van der Waals surface area contributed by atoms with E-state index in [1.807, 2.05) is 4.72 Å². The van der Waals surface area contributed by atoms with Crippen molar-refractivity contribution < 1.29 is 22.8 Å². The maximum atomic E-state index is 12.5. The number of thiophene rings is 1. The van der Waals surface area contributed by atoms with Gasteiger partial charge in [0.2, 0.25) is 0 Å². The molecule has 0 bridgehead atoms. The number of hydrogen-bond donors (Lipinski definition) is 2. The number of nitrogens with zero attached hydrogens (tertiary/aromatic N) is 1. The third kappa shape index (κ3) is 3.67. The van der Waals surface area contributed by atoms with Gasteiger partial charge < -0.3 is 5.32 Å². The predicted molar refractivity (Wildman–Crippen MR) is 113 cm³/mol. The summed E-state index contributed by atoms with van der Waals surface area (Å²) in [5, 5.41) is 2.39. The molecule has 0 saturated carbocycles. The van der Waals surface area contributed by atoms with Crippen LogP contribution < -0.4 is 14.9 Å². The van der Waals surface area contributed by atoms with E-state index in [-0.39, 0.29) is 14.2 Å². The lowest BCUT2D eigenvalue weighted by atomic mass is 10.1. The number of imide groups is 1. The summed E-state index contributed by atoms with van der Waals surface area (Å²) in [6.45, 7) is 0. The Kier molecular flexibility index (Phi) is 5.06. The van der Waals surface area contributed by atoms with Crippen molar-refractivity contribution in [2.45, 2.75) is 4.21 Å². The Morgan fingerprint density at radius 3 is 2.03 bits per heavy atom. The van der Waals surface area contributed by atoms with Gasteiger partial charge in [0, 0.05) is 5.69 Å². The third-order valence-corrected chi connectivity index (χ3v) is 7.27. The first-order valence-electron chi connectivity index (χ1n) is 8.43. The van der Waals surface area contributed by atoms with Gasteiger partial charge in [-0.25, -0.2) is 22.8 Å². The van der Waals surface area contributed by atoms with E-state index in [9.17, 15) is 22.8 Å². The van der Waals surface area contributed by atoms with Crippen LogP contribution in [-0.4, -0.2) is 26.3 Å². The number of halogens is 1. The highest BCUT2D eigenvalue weighted by Crippen LogP contribution is 2.29. The van der Waals surface area contributed by atoms with E-state index in [2.05, 4.69) is 5.32 Å². The van der Waals surface area contributed by atoms with Gasteiger partial charge in [0.05, 0.1) is 21.2 Å². The maximum absolute atomic E-state index is 12.5. The number of sulfonamides is 1. The summed E-state index contributed by atoms with van der Waals surface area (Å²) in [4.78, 5) is 38.1. The molecule has 30 heavy (non-hydrogen) atoms. The molecule has 11 heteroatoms. The molecule has 4 amide bonds. The molecule has 2 aromatic carbocycles. The highest BCUT2D eigenvalue weighted by Gasteiger charge is 2.36. The fourth-order valence-electron chi connectivity index (χ4n) is 2.89. The molecule has 0 spiro atoms. The Morgan fingerprint density at radius 2 is 1.50 bits per heavy atom. The van der Waals surface area contributed by atoms with Crippen molar-refractivity contribution >= 4 is 62.2 Å². The molecule has 0 fully saturated rings. The topological polar surface area (TPSA) is 113 Å². The minimum Gasteiger partial charge on any atom is -0.307 e. The number of carbonyl (C=O) groups excluding carboxylic acids is 3. The lowest BCUT2D eigenvalue weighted by Crippen LogP contribution is -2.34. The molecule has 2 N–H and O–H groups in total. The minimum atomic E-state index is -4.05. The van der Waals surface area contributed by atoms with Crippen LogP contribution in [0.25, 0.3) is 0 Å². The molecule has 0 aliphatic carbocycles. The number of nitrogens with one attached hydrogen (secondary N) is 2. The Morgan fingerprint density at radius 1 is 0.900 bits per heavy atom. The molecule has 152 valence electrons. The Labute approximate surface area is 180 Å². The van der Waals surface area contributed by atoms with Gasteiger partial charge in [-0.05, 0) is 48.5 Å². The molecule has 0 atom stereocenters.